The van der Waals surface area contributed by atoms with Crippen molar-refractivity contribution in [3.63, 3.8) is 0 Å². The largest absolute Gasteiger partial charge is 0.454 e. The summed E-state index contributed by atoms with van der Waals surface area (Å²) < 4.78 is 10.7. The van der Waals surface area contributed by atoms with Gasteiger partial charge in [-0.05, 0) is 55.7 Å². The molecule has 1 aromatic carbocycles. The molecule has 33 heavy (non-hydrogen) atoms. The Hall–Kier alpha value is -2.77. The minimum atomic E-state index is -0.648. The summed E-state index contributed by atoms with van der Waals surface area (Å²) in [5.41, 5.74) is 0.426. The topological polar surface area (TPSA) is 97.0 Å². The Morgan fingerprint density at radius 1 is 1.03 bits per heavy atom. The van der Waals surface area contributed by atoms with Crippen molar-refractivity contribution in [2.45, 2.75) is 58.4 Å². The predicted molar refractivity (Wildman–Crippen MR) is 123 cm³/mol. The highest BCUT2D eigenvalue weighted by molar-refractivity contribution is 5.98. The lowest BCUT2D eigenvalue weighted by molar-refractivity contribution is -0.137. The van der Waals surface area contributed by atoms with E-state index in [-0.39, 0.29) is 36.4 Å². The van der Waals surface area contributed by atoms with Crippen molar-refractivity contribution in [3.05, 3.63) is 23.8 Å². The third kappa shape index (κ3) is 5.60. The van der Waals surface area contributed by atoms with Crippen molar-refractivity contribution in [2.24, 2.45) is 17.8 Å². The summed E-state index contributed by atoms with van der Waals surface area (Å²) in [5, 5.41) is 5.94. The molecule has 4 rings (SSSR count). The van der Waals surface area contributed by atoms with Gasteiger partial charge in [0.1, 0.15) is 6.04 Å². The number of ether oxygens (including phenoxy) is 2. The molecule has 0 aromatic heterocycles. The van der Waals surface area contributed by atoms with Crippen LogP contribution in [0.4, 0.5) is 0 Å². The number of nitrogens with one attached hydrogen (secondary N) is 2. The van der Waals surface area contributed by atoms with Crippen LogP contribution in [0, 0.1) is 17.8 Å². The zero-order valence-corrected chi connectivity index (χ0v) is 19.6. The minimum Gasteiger partial charge on any atom is -0.454 e. The van der Waals surface area contributed by atoms with E-state index in [1.807, 2.05) is 18.7 Å². The predicted octanol–water partition coefficient (Wildman–Crippen LogP) is 2.71. The van der Waals surface area contributed by atoms with Gasteiger partial charge in [0.05, 0.1) is 0 Å². The minimum absolute atomic E-state index is 0.0252. The molecule has 2 fully saturated rings. The fourth-order valence-electron chi connectivity index (χ4n) is 4.96. The lowest BCUT2D eigenvalue weighted by atomic mass is 9.87. The number of rotatable bonds is 7. The number of benzene rings is 1. The third-order valence-electron chi connectivity index (χ3n) is 6.92. The van der Waals surface area contributed by atoms with E-state index >= 15 is 0 Å². The summed E-state index contributed by atoms with van der Waals surface area (Å²) in [7, 11) is 0. The molecule has 1 atom stereocenters. The van der Waals surface area contributed by atoms with Crippen molar-refractivity contribution >= 4 is 17.7 Å². The van der Waals surface area contributed by atoms with Gasteiger partial charge < -0.3 is 25.0 Å². The average molecular weight is 458 g/mol. The molecule has 2 aliphatic heterocycles. The van der Waals surface area contributed by atoms with Gasteiger partial charge in [-0.25, -0.2) is 0 Å². The van der Waals surface area contributed by atoms with Crippen molar-refractivity contribution in [1.29, 1.82) is 0 Å². The first-order valence-corrected chi connectivity index (χ1v) is 12.2. The van der Waals surface area contributed by atoms with E-state index in [1.165, 1.54) is 0 Å². The first-order chi connectivity index (χ1) is 15.9. The average Bonchev–Trinajstić information content (AvgIpc) is 3.52. The molecule has 0 radical (unpaired) electrons. The maximum atomic E-state index is 13.1. The zero-order valence-electron chi connectivity index (χ0n) is 19.6. The highest BCUT2D eigenvalue weighted by atomic mass is 16.7. The van der Waals surface area contributed by atoms with E-state index < -0.39 is 6.04 Å². The Morgan fingerprint density at radius 3 is 2.42 bits per heavy atom. The first kappa shape index (κ1) is 23.4. The molecule has 8 heteroatoms. The molecule has 180 valence electrons. The van der Waals surface area contributed by atoms with E-state index in [0.717, 1.165) is 25.7 Å². The van der Waals surface area contributed by atoms with Gasteiger partial charge in [0.2, 0.25) is 18.6 Å². The number of fused-ring (bicyclic) bond motifs is 1. The van der Waals surface area contributed by atoms with Crippen LogP contribution in [-0.4, -0.2) is 55.1 Å². The molecular formula is C25H35N3O5. The SMILES string of the molecule is CC(C)CNC(=O)[C@@H](NC(=O)c1ccc2c(c1)OCO2)C1CCN(C(=O)C2CCCC2)CC1. The number of hydrogen-bond acceptors (Lipinski definition) is 5. The van der Waals surface area contributed by atoms with Crippen molar-refractivity contribution < 1.29 is 23.9 Å². The molecule has 1 aromatic rings. The van der Waals surface area contributed by atoms with Gasteiger partial charge in [0.15, 0.2) is 11.5 Å². The number of likely N-dealkylation sites (tertiary alicyclic amines) is 1. The number of amides is 3. The van der Waals surface area contributed by atoms with Gasteiger partial charge in [-0.2, -0.15) is 0 Å². The van der Waals surface area contributed by atoms with Crippen LogP contribution in [0.3, 0.4) is 0 Å². The van der Waals surface area contributed by atoms with Gasteiger partial charge in [0, 0.05) is 31.1 Å². The lowest BCUT2D eigenvalue weighted by Crippen LogP contribution is -2.54. The summed E-state index contributed by atoms with van der Waals surface area (Å²) >= 11 is 0. The summed E-state index contributed by atoms with van der Waals surface area (Å²) in [4.78, 5) is 40.9. The van der Waals surface area contributed by atoms with Crippen molar-refractivity contribution in [3.8, 4) is 11.5 Å². The molecule has 1 saturated heterocycles. The normalized spacial score (nSPS) is 19.5. The van der Waals surface area contributed by atoms with Gasteiger partial charge >= 0.3 is 0 Å². The van der Waals surface area contributed by atoms with Gasteiger partial charge in [0.25, 0.3) is 5.91 Å². The fraction of sp³-hybridized carbons (Fsp3) is 0.640. The van der Waals surface area contributed by atoms with Gasteiger partial charge in [-0.15, -0.1) is 0 Å². The second kappa shape index (κ2) is 10.4. The maximum absolute atomic E-state index is 13.1. The van der Waals surface area contributed by atoms with Crippen LogP contribution < -0.4 is 20.1 Å². The monoisotopic (exact) mass is 457 g/mol. The van der Waals surface area contributed by atoms with Crippen LogP contribution in [0.2, 0.25) is 0 Å². The van der Waals surface area contributed by atoms with E-state index in [9.17, 15) is 14.4 Å². The van der Waals surface area contributed by atoms with Gasteiger partial charge in [-0.3, -0.25) is 14.4 Å². The van der Waals surface area contributed by atoms with Crippen LogP contribution in [-0.2, 0) is 9.59 Å². The van der Waals surface area contributed by atoms with Crippen LogP contribution in [0.5, 0.6) is 11.5 Å². The second-order valence-electron chi connectivity index (χ2n) is 9.80. The maximum Gasteiger partial charge on any atom is 0.252 e. The molecule has 1 aliphatic carbocycles. The first-order valence-electron chi connectivity index (χ1n) is 12.2. The Kier molecular flexibility index (Phi) is 7.40. The molecule has 2 N–H and O–H groups in total. The van der Waals surface area contributed by atoms with Crippen LogP contribution in [0.1, 0.15) is 62.7 Å². The van der Waals surface area contributed by atoms with Crippen LogP contribution in [0.15, 0.2) is 18.2 Å². The smallest absolute Gasteiger partial charge is 0.252 e. The Labute approximate surface area is 195 Å². The zero-order chi connectivity index (χ0) is 23.4. The summed E-state index contributed by atoms with van der Waals surface area (Å²) in [6.45, 7) is 6.02. The Balaban J connectivity index is 1.41. The molecule has 3 amide bonds. The standard InChI is InChI=1S/C25H35N3O5/c1-16(2)14-26-24(30)22(27-23(29)19-7-8-20-21(13-19)33-15-32-20)17-9-11-28(12-10-17)25(31)18-5-3-4-6-18/h7-8,13,16-18,22H,3-6,9-12,14-15H2,1-2H3,(H,26,30)(H,27,29)/t22-/m0/s1. The number of carbonyl (C=O) groups excluding carboxylic acids is 3. The summed E-state index contributed by atoms with van der Waals surface area (Å²) in [5.74, 6) is 1.36. The summed E-state index contributed by atoms with van der Waals surface area (Å²) in [6, 6.07) is 4.38. The van der Waals surface area contributed by atoms with Crippen molar-refractivity contribution in [1.82, 2.24) is 15.5 Å². The van der Waals surface area contributed by atoms with E-state index in [0.29, 0.717) is 55.5 Å². The molecule has 3 aliphatic rings. The Morgan fingerprint density at radius 2 is 1.73 bits per heavy atom. The van der Waals surface area contributed by atoms with Gasteiger partial charge in [-0.1, -0.05) is 26.7 Å². The van der Waals surface area contributed by atoms with E-state index in [1.54, 1.807) is 18.2 Å². The highest BCUT2D eigenvalue weighted by Crippen LogP contribution is 2.33. The molecule has 2 heterocycles. The molecular weight excluding hydrogens is 422 g/mol. The van der Waals surface area contributed by atoms with Crippen LogP contribution >= 0.6 is 0 Å². The van der Waals surface area contributed by atoms with Crippen molar-refractivity contribution in [2.75, 3.05) is 26.4 Å². The second-order valence-corrected chi connectivity index (χ2v) is 9.80. The molecule has 0 spiro atoms. The lowest BCUT2D eigenvalue weighted by Gasteiger charge is -2.37. The highest BCUT2D eigenvalue weighted by Gasteiger charge is 2.36. The molecule has 0 bridgehead atoms. The number of piperidine rings is 1. The number of nitrogens with zero attached hydrogens (tertiary/aromatic N) is 1. The fourth-order valence-corrected chi connectivity index (χ4v) is 4.96. The molecule has 1 saturated carbocycles. The summed E-state index contributed by atoms with van der Waals surface area (Å²) in [6.07, 6.45) is 5.64. The number of carbonyl (C=O) groups is 3. The number of hydrogen-bond donors (Lipinski definition) is 2. The molecule has 8 nitrogen and oxygen atoms in total. The third-order valence-corrected chi connectivity index (χ3v) is 6.92. The van der Waals surface area contributed by atoms with E-state index in [4.69, 9.17) is 9.47 Å². The van der Waals surface area contributed by atoms with Crippen LogP contribution in [0.25, 0.3) is 0 Å². The molecule has 0 unspecified atom stereocenters. The Bertz CT molecular complexity index is 873. The van der Waals surface area contributed by atoms with E-state index in [2.05, 4.69) is 10.6 Å². The quantitative estimate of drug-likeness (QED) is 0.656.